The van der Waals surface area contributed by atoms with Crippen LogP contribution >= 0.6 is 23.2 Å². The Hall–Kier alpha value is -2.59. The third-order valence-corrected chi connectivity index (χ3v) is 5.68. The lowest BCUT2D eigenvalue weighted by Crippen LogP contribution is -2.16. The SMILES string of the molecule is Nc1cccc(-c2ccc(CCNCc3ccc(Cl)c(Cl)c3)c3ccccc23)n1. The molecule has 0 atom stereocenters. The average molecular weight is 422 g/mol. The van der Waals surface area contributed by atoms with Crippen LogP contribution in [0.25, 0.3) is 22.0 Å². The number of hydrogen-bond acceptors (Lipinski definition) is 3. The molecule has 4 rings (SSSR count). The van der Waals surface area contributed by atoms with Gasteiger partial charge in [0.1, 0.15) is 5.82 Å². The molecule has 0 spiro atoms. The van der Waals surface area contributed by atoms with Gasteiger partial charge in [0.15, 0.2) is 0 Å². The maximum absolute atomic E-state index is 6.09. The highest BCUT2D eigenvalue weighted by Gasteiger charge is 2.09. The summed E-state index contributed by atoms with van der Waals surface area (Å²) in [5, 5.41) is 7.08. The third-order valence-electron chi connectivity index (χ3n) is 4.95. The monoisotopic (exact) mass is 421 g/mol. The predicted molar refractivity (Wildman–Crippen MR) is 123 cm³/mol. The molecule has 0 fully saturated rings. The van der Waals surface area contributed by atoms with Crippen molar-refractivity contribution in [2.75, 3.05) is 12.3 Å². The minimum absolute atomic E-state index is 0.530. The number of pyridine rings is 1. The van der Waals surface area contributed by atoms with Crippen LogP contribution in [0.3, 0.4) is 0 Å². The number of nitrogens with one attached hydrogen (secondary N) is 1. The Morgan fingerprint density at radius 1 is 0.828 bits per heavy atom. The van der Waals surface area contributed by atoms with Crippen molar-refractivity contribution in [1.82, 2.24) is 10.3 Å². The first-order valence-electron chi connectivity index (χ1n) is 9.50. The summed E-state index contributed by atoms with van der Waals surface area (Å²) in [5.74, 6) is 0.530. The topological polar surface area (TPSA) is 50.9 Å². The van der Waals surface area contributed by atoms with Gasteiger partial charge in [0, 0.05) is 12.1 Å². The molecule has 3 N–H and O–H groups in total. The molecule has 0 aliphatic carbocycles. The van der Waals surface area contributed by atoms with E-state index >= 15 is 0 Å². The largest absolute Gasteiger partial charge is 0.384 e. The molecule has 0 saturated carbocycles. The summed E-state index contributed by atoms with van der Waals surface area (Å²) in [6.07, 6.45) is 0.923. The number of nitrogens with two attached hydrogens (primary N) is 1. The maximum atomic E-state index is 6.09. The predicted octanol–water partition coefficient (Wildman–Crippen LogP) is 6.12. The zero-order chi connectivity index (χ0) is 20.2. The van der Waals surface area contributed by atoms with Gasteiger partial charge in [-0.05, 0) is 59.1 Å². The highest BCUT2D eigenvalue weighted by Crippen LogP contribution is 2.30. The molecular weight excluding hydrogens is 401 g/mol. The lowest BCUT2D eigenvalue weighted by Gasteiger charge is -2.12. The lowest BCUT2D eigenvalue weighted by atomic mass is 9.96. The van der Waals surface area contributed by atoms with Crippen molar-refractivity contribution in [2.24, 2.45) is 0 Å². The summed E-state index contributed by atoms with van der Waals surface area (Å²) in [7, 11) is 0. The second kappa shape index (κ2) is 8.83. The van der Waals surface area contributed by atoms with E-state index in [4.69, 9.17) is 28.9 Å². The van der Waals surface area contributed by atoms with E-state index in [-0.39, 0.29) is 0 Å². The highest BCUT2D eigenvalue weighted by atomic mass is 35.5. The van der Waals surface area contributed by atoms with Crippen molar-refractivity contribution in [3.05, 3.63) is 94.0 Å². The molecule has 1 heterocycles. The quantitative estimate of drug-likeness (QED) is 0.368. The molecule has 5 heteroatoms. The van der Waals surface area contributed by atoms with Gasteiger partial charge in [-0.25, -0.2) is 4.98 Å². The molecule has 0 aliphatic rings. The van der Waals surface area contributed by atoms with Crippen molar-refractivity contribution < 1.29 is 0 Å². The standard InChI is InChI=1S/C24H21Cl2N3/c25-21-11-8-16(14-22(21)26)15-28-13-12-17-9-10-20(19-5-2-1-4-18(17)19)23-6-3-7-24(27)29-23/h1-11,14,28H,12-13,15H2,(H2,27,29). The molecule has 146 valence electrons. The Balaban J connectivity index is 1.51. The molecule has 3 aromatic carbocycles. The van der Waals surface area contributed by atoms with E-state index in [1.165, 1.54) is 16.3 Å². The van der Waals surface area contributed by atoms with Gasteiger partial charge >= 0.3 is 0 Å². The van der Waals surface area contributed by atoms with Crippen LogP contribution in [0.1, 0.15) is 11.1 Å². The normalized spacial score (nSPS) is 11.1. The number of hydrogen-bond donors (Lipinski definition) is 2. The van der Waals surface area contributed by atoms with Gasteiger partial charge < -0.3 is 11.1 Å². The fourth-order valence-corrected chi connectivity index (χ4v) is 3.83. The second-order valence-electron chi connectivity index (χ2n) is 6.94. The zero-order valence-corrected chi connectivity index (χ0v) is 17.3. The number of halogens is 2. The van der Waals surface area contributed by atoms with Gasteiger partial charge in [-0.1, -0.05) is 71.7 Å². The van der Waals surface area contributed by atoms with E-state index in [0.717, 1.165) is 36.3 Å². The van der Waals surface area contributed by atoms with Crippen molar-refractivity contribution in [3.8, 4) is 11.3 Å². The van der Waals surface area contributed by atoms with Crippen LogP contribution in [0.15, 0.2) is 72.8 Å². The molecule has 0 amide bonds. The fourth-order valence-electron chi connectivity index (χ4n) is 3.51. The van der Waals surface area contributed by atoms with E-state index in [9.17, 15) is 0 Å². The fraction of sp³-hybridized carbons (Fsp3) is 0.125. The van der Waals surface area contributed by atoms with Gasteiger partial charge in [0.05, 0.1) is 15.7 Å². The number of anilines is 1. The van der Waals surface area contributed by atoms with E-state index < -0.39 is 0 Å². The van der Waals surface area contributed by atoms with Crippen LogP contribution in [0.4, 0.5) is 5.82 Å². The molecule has 4 aromatic rings. The third kappa shape index (κ3) is 4.54. The molecule has 0 bridgehead atoms. The number of fused-ring (bicyclic) bond motifs is 1. The van der Waals surface area contributed by atoms with Crippen LogP contribution in [-0.2, 0) is 13.0 Å². The number of nitrogens with zero attached hydrogens (tertiary/aromatic N) is 1. The molecule has 0 saturated heterocycles. The first kappa shape index (κ1) is 19.7. The van der Waals surface area contributed by atoms with Gasteiger partial charge in [-0.2, -0.15) is 0 Å². The van der Waals surface area contributed by atoms with Crippen molar-refractivity contribution in [1.29, 1.82) is 0 Å². The minimum Gasteiger partial charge on any atom is -0.384 e. The number of benzene rings is 3. The van der Waals surface area contributed by atoms with Crippen LogP contribution in [-0.4, -0.2) is 11.5 Å². The molecular formula is C24H21Cl2N3. The zero-order valence-electron chi connectivity index (χ0n) is 15.8. The maximum Gasteiger partial charge on any atom is 0.124 e. The molecule has 3 nitrogen and oxygen atoms in total. The van der Waals surface area contributed by atoms with E-state index in [2.05, 4.69) is 46.7 Å². The summed E-state index contributed by atoms with van der Waals surface area (Å²) in [4.78, 5) is 4.49. The average Bonchev–Trinajstić information content (AvgIpc) is 2.73. The first-order chi connectivity index (χ1) is 14.1. The van der Waals surface area contributed by atoms with Gasteiger partial charge in [-0.3, -0.25) is 0 Å². The second-order valence-corrected chi connectivity index (χ2v) is 7.76. The van der Waals surface area contributed by atoms with Gasteiger partial charge in [0.25, 0.3) is 0 Å². The summed E-state index contributed by atoms with van der Waals surface area (Å²) >= 11 is 12.1. The number of rotatable bonds is 6. The Morgan fingerprint density at radius 3 is 2.45 bits per heavy atom. The van der Waals surface area contributed by atoms with Gasteiger partial charge in [0.2, 0.25) is 0 Å². The summed E-state index contributed by atoms with van der Waals surface area (Å²) in [6.45, 7) is 1.61. The molecule has 1 aromatic heterocycles. The smallest absolute Gasteiger partial charge is 0.124 e. The first-order valence-corrected chi connectivity index (χ1v) is 10.3. The van der Waals surface area contributed by atoms with Crippen molar-refractivity contribution in [2.45, 2.75) is 13.0 Å². The van der Waals surface area contributed by atoms with Crippen LogP contribution in [0, 0.1) is 0 Å². The van der Waals surface area contributed by atoms with Crippen LogP contribution < -0.4 is 11.1 Å². The number of aromatic nitrogens is 1. The van der Waals surface area contributed by atoms with Crippen molar-refractivity contribution in [3.63, 3.8) is 0 Å². The lowest BCUT2D eigenvalue weighted by molar-refractivity contribution is 0.688. The summed E-state index contributed by atoms with van der Waals surface area (Å²) in [6, 6.07) is 24.2. The Kier molecular flexibility index (Phi) is 6.00. The summed E-state index contributed by atoms with van der Waals surface area (Å²) in [5.41, 5.74) is 10.3. The molecule has 0 aliphatic heterocycles. The molecule has 0 unspecified atom stereocenters. The number of nitrogen functional groups attached to an aromatic ring is 1. The van der Waals surface area contributed by atoms with Crippen LogP contribution in [0.2, 0.25) is 10.0 Å². The molecule has 0 radical (unpaired) electrons. The van der Waals surface area contributed by atoms with E-state index in [1.807, 2.05) is 30.3 Å². The minimum atomic E-state index is 0.530. The summed E-state index contributed by atoms with van der Waals surface area (Å²) < 4.78 is 0. The van der Waals surface area contributed by atoms with E-state index in [0.29, 0.717) is 15.9 Å². The Bertz CT molecular complexity index is 1160. The Morgan fingerprint density at radius 2 is 1.66 bits per heavy atom. The highest BCUT2D eigenvalue weighted by molar-refractivity contribution is 6.42. The Labute approximate surface area is 180 Å². The van der Waals surface area contributed by atoms with Gasteiger partial charge in [-0.15, -0.1) is 0 Å². The van der Waals surface area contributed by atoms with E-state index in [1.54, 1.807) is 6.07 Å². The van der Waals surface area contributed by atoms with Crippen LogP contribution in [0.5, 0.6) is 0 Å². The molecule has 29 heavy (non-hydrogen) atoms. The van der Waals surface area contributed by atoms with Crippen molar-refractivity contribution >= 4 is 39.8 Å².